The van der Waals surface area contributed by atoms with E-state index >= 15 is 0 Å². The zero-order chi connectivity index (χ0) is 17.6. The summed E-state index contributed by atoms with van der Waals surface area (Å²) in [7, 11) is 1.74. The van der Waals surface area contributed by atoms with E-state index in [1.54, 1.807) is 11.9 Å². The second kappa shape index (κ2) is 8.12. The fraction of sp³-hybridized carbons (Fsp3) is 0.400. The van der Waals surface area contributed by atoms with Crippen molar-refractivity contribution in [2.24, 2.45) is 0 Å². The Hall–Kier alpha value is -2.40. The molecule has 132 valence electrons. The smallest absolute Gasteiger partial charge is 0.317 e. The van der Waals surface area contributed by atoms with E-state index in [1.165, 1.54) is 17.7 Å². The molecule has 1 heterocycles. The molecule has 0 spiro atoms. The number of nitrogens with zero attached hydrogens (tertiary/aromatic N) is 2. The summed E-state index contributed by atoms with van der Waals surface area (Å²) in [4.78, 5) is 18.3. The van der Waals surface area contributed by atoms with Gasteiger partial charge in [-0.1, -0.05) is 36.4 Å². The van der Waals surface area contributed by atoms with Gasteiger partial charge in [0.15, 0.2) is 0 Å². The lowest BCUT2D eigenvalue weighted by Gasteiger charge is -2.20. The SMILES string of the molecule is CN(CC[C@H](O)c1ccccc1)C(=O)NCc1cnc2c(c1)CCC2. The molecule has 2 amide bonds. The van der Waals surface area contributed by atoms with Crippen LogP contribution in [0, 0.1) is 0 Å². The summed E-state index contributed by atoms with van der Waals surface area (Å²) in [6.07, 6.45) is 5.12. The number of aromatic nitrogens is 1. The quantitative estimate of drug-likeness (QED) is 0.850. The highest BCUT2D eigenvalue weighted by Gasteiger charge is 2.14. The minimum Gasteiger partial charge on any atom is -0.388 e. The molecule has 5 heteroatoms. The maximum atomic E-state index is 12.2. The molecule has 1 aliphatic carbocycles. The Morgan fingerprint density at radius 3 is 2.92 bits per heavy atom. The van der Waals surface area contributed by atoms with Crippen LogP contribution in [-0.4, -0.2) is 34.6 Å². The van der Waals surface area contributed by atoms with Crippen molar-refractivity contribution in [1.29, 1.82) is 0 Å². The lowest BCUT2D eigenvalue weighted by Crippen LogP contribution is -2.37. The maximum absolute atomic E-state index is 12.2. The van der Waals surface area contributed by atoms with E-state index in [0.29, 0.717) is 19.5 Å². The van der Waals surface area contributed by atoms with Crippen molar-refractivity contribution in [3.63, 3.8) is 0 Å². The highest BCUT2D eigenvalue weighted by Crippen LogP contribution is 2.20. The summed E-state index contributed by atoms with van der Waals surface area (Å²) in [5, 5.41) is 13.1. The van der Waals surface area contributed by atoms with Crippen LogP contribution in [0.4, 0.5) is 4.79 Å². The average Bonchev–Trinajstić information content (AvgIpc) is 3.12. The van der Waals surface area contributed by atoms with E-state index in [9.17, 15) is 9.90 Å². The van der Waals surface area contributed by atoms with Gasteiger partial charge in [-0.3, -0.25) is 4.98 Å². The molecule has 0 radical (unpaired) electrons. The predicted molar refractivity (Wildman–Crippen MR) is 97.1 cm³/mol. The molecule has 1 aromatic heterocycles. The van der Waals surface area contributed by atoms with Crippen LogP contribution in [0.15, 0.2) is 42.6 Å². The van der Waals surface area contributed by atoms with Gasteiger partial charge in [0.05, 0.1) is 6.10 Å². The number of amides is 2. The first-order valence-corrected chi connectivity index (χ1v) is 8.82. The molecular weight excluding hydrogens is 314 g/mol. The molecule has 0 bridgehead atoms. The zero-order valence-corrected chi connectivity index (χ0v) is 14.6. The summed E-state index contributed by atoms with van der Waals surface area (Å²) in [5.74, 6) is 0. The summed E-state index contributed by atoms with van der Waals surface area (Å²) >= 11 is 0. The molecule has 0 aliphatic heterocycles. The molecule has 2 aromatic rings. The average molecular weight is 339 g/mol. The molecule has 0 saturated carbocycles. The number of hydrogen-bond acceptors (Lipinski definition) is 3. The first-order valence-electron chi connectivity index (χ1n) is 8.82. The predicted octanol–water partition coefficient (Wildman–Crippen LogP) is 2.84. The van der Waals surface area contributed by atoms with Gasteiger partial charge in [-0.05, 0) is 42.4 Å². The number of nitrogens with one attached hydrogen (secondary N) is 1. The number of aliphatic hydroxyl groups excluding tert-OH is 1. The van der Waals surface area contributed by atoms with Crippen molar-refractivity contribution in [1.82, 2.24) is 15.2 Å². The van der Waals surface area contributed by atoms with Gasteiger partial charge in [-0.15, -0.1) is 0 Å². The standard InChI is InChI=1S/C20H25N3O2/c1-23(11-10-19(24)16-6-3-2-4-7-16)20(25)22-14-15-12-17-8-5-9-18(17)21-13-15/h2-4,6-7,12-13,19,24H,5,8-11,14H2,1H3,(H,22,25)/t19-/m0/s1. The monoisotopic (exact) mass is 339 g/mol. The number of fused-ring (bicyclic) bond motifs is 1. The molecular formula is C20H25N3O2. The van der Waals surface area contributed by atoms with Crippen LogP contribution in [-0.2, 0) is 19.4 Å². The molecule has 2 N–H and O–H groups in total. The van der Waals surface area contributed by atoms with E-state index < -0.39 is 6.10 Å². The van der Waals surface area contributed by atoms with Crippen LogP contribution in [0.3, 0.4) is 0 Å². The van der Waals surface area contributed by atoms with Crippen molar-refractivity contribution in [3.8, 4) is 0 Å². The number of aryl methyl sites for hydroxylation is 2. The largest absolute Gasteiger partial charge is 0.388 e. The number of aliphatic hydroxyl groups is 1. The van der Waals surface area contributed by atoms with E-state index in [-0.39, 0.29) is 6.03 Å². The first kappa shape index (κ1) is 17.4. The lowest BCUT2D eigenvalue weighted by molar-refractivity contribution is 0.150. The Labute approximate surface area is 148 Å². The van der Waals surface area contributed by atoms with Crippen LogP contribution in [0.25, 0.3) is 0 Å². The number of carbonyl (C=O) groups excluding carboxylic acids is 1. The molecule has 0 fully saturated rings. The molecule has 5 nitrogen and oxygen atoms in total. The van der Waals surface area contributed by atoms with E-state index in [2.05, 4.69) is 16.4 Å². The molecule has 1 atom stereocenters. The minimum absolute atomic E-state index is 0.138. The Kier molecular flexibility index (Phi) is 5.66. The Balaban J connectivity index is 1.44. The number of urea groups is 1. The third-order valence-electron chi connectivity index (χ3n) is 4.69. The van der Waals surface area contributed by atoms with Crippen molar-refractivity contribution in [3.05, 3.63) is 65.0 Å². The molecule has 0 saturated heterocycles. The second-order valence-corrected chi connectivity index (χ2v) is 6.60. The van der Waals surface area contributed by atoms with Gasteiger partial charge in [-0.25, -0.2) is 4.79 Å². The number of hydrogen-bond donors (Lipinski definition) is 2. The van der Waals surface area contributed by atoms with Crippen LogP contribution in [0.2, 0.25) is 0 Å². The van der Waals surface area contributed by atoms with E-state index in [0.717, 1.165) is 24.0 Å². The number of carbonyl (C=O) groups is 1. The highest BCUT2D eigenvalue weighted by molar-refractivity contribution is 5.73. The van der Waals surface area contributed by atoms with Gasteiger partial charge >= 0.3 is 6.03 Å². The summed E-state index contributed by atoms with van der Waals surface area (Å²) < 4.78 is 0. The third-order valence-corrected chi connectivity index (χ3v) is 4.69. The van der Waals surface area contributed by atoms with Crippen molar-refractivity contribution in [2.75, 3.05) is 13.6 Å². The van der Waals surface area contributed by atoms with Crippen molar-refractivity contribution in [2.45, 2.75) is 38.3 Å². The van der Waals surface area contributed by atoms with E-state index in [1.807, 2.05) is 36.5 Å². The molecule has 1 aromatic carbocycles. The Bertz CT molecular complexity index is 718. The van der Waals surface area contributed by atoms with Gasteiger partial charge in [0, 0.05) is 32.0 Å². The Morgan fingerprint density at radius 2 is 2.12 bits per heavy atom. The zero-order valence-electron chi connectivity index (χ0n) is 14.6. The maximum Gasteiger partial charge on any atom is 0.317 e. The molecule has 25 heavy (non-hydrogen) atoms. The molecule has 3 rings (SSSR count). The van der Waals surface area contributed by atoms with Crippen LogP contribution in [0.1, 0.15) is 41.3 Å². The van der Waals surface area contributed by atoms with Crippen LogP contribution >= 0.6 is 0 Å². The molecule has 1 aliphatic rings. The first-order chi connectivity index (χ1) is 12.1. The van der Waals surface area contributed by atoms with E-state index in [4.69, 9.17) is 0 Å². The number of rotatable bonds is 6. The van der Waals surface area contributed by atoms with Gasteiger partial charge < -0.3 is 15.3 Å². The topological polar surface area (TPSA) is 65.5 Å². The third kappa shape index (κ3) is 4.57. The normalized spacial score (nSPS) is 14.0. The Morgan fingerprint density at radius 1 is 1.32 bits per heavy atom. The van der Waals surface area contributed by atoms with Gasteiger partial charge in [0.2, 0.25) is 0 Å². The number of benzene rings is 1. The van der Waals surface area contributed by atoms with Crippen LogP contribution < -0.4 is 5.32 Å². The van der Waals surface area contributed by atoms with Crippen molar-refractivity contribution < 1.29 is 9.90 Å². The fourth-order valence-corrected chi connectivity index (χ4v) is 3.14. The van der Waals surface area contributed by atoms with Gasteiger partial charge in [0.1, 0.15) is 0 Å². The minimum atomic E-state index is -0.558. The summed E-state index contributed by atoms with van der Waals surface area (Å²) in [6, 6.07) is 11.5. The molecule has 0 unspecified atom stereocenters. The van der Waals surface area contributed by atoms with Gasteiger partial charge in [-0.2, -0.15) is 0 Å². The number of pyridine rings is 1. The van der Waals surface area contributed by atoms with Crippen molar-refractivity contribution >= 4 is 6.03 Å². The lowest BCUT2D eigenvalue weighted by atomic mass is 10.1. The van der Waals surface area contributed by atoms with Crippen LogP contribution in [0.5, 0.6) is 0 Å². The fourth-order valence-electron chi connectivity index (χ4n) is 3.14. The van der Waals surface area contributed by atoms with Gasteiger partial charge in [0.25, 0.3) is 0 Å². The summed E-state index contributed by atoms with van der Waals surface area (Å²) in [6.45, 7) is 0.967. The highest BCUT2D eigenvalue weighted by atomic mass is 16.3. The second-order valence-electron chi connectivity index (χ2n) is 6.60. The summed E-state index contributed by atoms with van der Waals surface area (Å²) in [5.41, 5.74) is 4.42.